The lowest BCUT2D eigenvalue weighted by Gasteiger charge is -2.07. The number of hydrogen-bond acceptors (Lipinski definition) is 3. The maximum atomic E-state index is 12.5. The Hall–Kier alpha value is -2.40. The fraction of sp³-hybridized carbons (Fsp3) is 0.263. The van der Waals surface area contributed by atoms with Crippen LogP contribution < -0.4 is 9.54 Å². The summed E-state index contributed by atoms with van der Waals surface area (Å²) in [5.41, 5.74) is 2.73. The molecule has 0 unspecified atom stereocenters. The first-order valence-corrected chi connectivity index (χ1v) is 8.77. The van der Waals surface area contributed by atoms with E-state index in [1.807, 2.05) is 49.4 Å². The van der Waals surface area contributed by atoms with E-state index >= 15 is 0 Å². The van der Waals surface area contributed by atoms with Gasteiger partial charge in [-0.25, -0.2) is 0 Å². The van der Waals surface area contributed by atoms with Crippen molar-refractivity contribution in [1.29, 1.82) is 0 Å². The Balaban J connectivity index is 2.16. The highest BCUT2D eigenvalue weighted by Crippen LogP contribution is 2.27. The number of carbonyl (C=O) groups excluding carboxylic acids is 1. The lowest BCUT2D eigenvalue weighted by Crippen LogP contribution is -2.17. The molecule has 0 aliphatic heterocycles. The zero-order valence-electron chi connectivity index (χ0n) is 14.1. The minimum Gasteiger partial charge on any atom is -0.495 e. The van der Waals surface area contributed by atoms with Gasteiger partial charge in [0.1, 0.15) is 11.3 Å². The highest BCUT2D eigenvalue weighted by molar-refractivity contribution is 7.16. The predicted molar refractivity (Wildman–Crippen MR) is 97.7 cm³/mol. The third kappa shape index (κ3) is 3.12. The second-order valence-corrected chi connectivity index (χ2v) is 6.64. The largest absolute Gasteiger partial charge is 0.495 e. The van der Waals surface area contributed by atoms with E-state index in [2.05, 4.69) is 16.5 Å². The molecule has 0 radical (unpaired) electrons. The number of hydrogen-bond donors (Lipinski definition) is 0. The van der Waals surface area contributed by atoms with Crippen molar-refractivity contribution in [2.24, 2.45) is 4.99 Å². The van der Waals surface area contributed by atoms with Gasteiger partial charge < -0.3 is 9.30 Å². The number of para-hydroxylation sites is 1. The van der Waals surface area contributed by atoms with Gasteiger partial charge in [0.05, 0.1) is 11.8 Å². The van der Waals surface area contributed by atoms with Crippen LogP contribution in [-0.4, -0.2) is 17.6 Å². The summed E-state index contributed by atoms with van der Waals surface area (Å²) in [6.07, 6.45) is 0.954. The average molecular weight is 340 g/mol. The van der Waals surface area contributed by atoms with Crippen molar-refractivity contribution in [3.05, 3.63) is 58.4 Å². The SMILES string of the molecule is CCCn1c(=NC(=O)c2ccc(C)cc2)sc2cccc(OC)c21. The van der Waals surface area contributed by atoms with Gasteiger partial charge in [0, 0.05) is 12.1 Å². The lowest BCUT2D eigenvalue weighted by molar-refractivity contribution is 0.0998. The number of aryl methyl sites for hydroxylation is 2. The first-order chi connectivity index (χ1) is 11.6. The Labute approximate surface area is 145 Å². The maximum Gasteiger partial charge on any atom is 0.279 e. The van der Waals surface area contributed by atoms with Crippen LogP contribution in [0.3, 0.4) is 0 Å². The molecule has 124 valence electrons. The van der Waals surface area contributed by atoms with Crippen molar-refractivity contribution in [1.82, 2.24) is 4.57 Å². The standard InChI is InChI=1S/C19H20N2O2S/c1-4-12-21-17-15(23-3)6-5-7-16(17)24-19(21)20-18(22)14-10-8-13(2)9-11-14/h5-11H,4,12H2,1-3H3. The molecule has 4 nitrogen and oxygen atoms in total. The number of benzene rings is 2. The van der Waals surface area contributed by atoms with Gasteiger partial charge in [-0.05, 0) is 37.6 Å². The van der Waals surface area contributed by atoms with E-state index < -0.39 is 0 Å². The zero-order valence-corrected chi connectivity index (χ0v) is 14.9. The Bertz CT molecular complexity index is 936. The minimum atomic E-state index is -0.217. The van der Waals surface area contributed by atoms with E-state index in [9.17, 15) is 4.79 Å². The molecular formula is C19H20N2O2S. The normalized spacial score (nSPS) is 11.9. The second-order valence-electron chi connectivity index (χ2n) is 5.63. The summed E-state index contributed by atoms with van der Waals surface area (Å²) in [6, 6.07) is 13.4. The molecule has 0 aliphatic rings. The van der Waals surface area contributed by atoms with Crippen molar-refractivity contribution in [2.45, 2.75) is 26.8 Å². The molecule has 0 saturated heterocycles. The summed E-state index contributed by atoms with van der Waals surface area (Å²) in [5.74, 6) is 0.590. The van der Waals surface area contributed by atoms with Gasteiger partial charge >= 0.3 is 0 Å². The monoisotopic (exact) mass is 340 g/mol. The predicted octanol–water partition coefficient (Wildman–Crippen LogP) is 4.17. The molecule has 0 N–H and O–H groups in total. The maximum absolute atomic E-state index is 12.5. The van der Waals surface area contributed by atoms with Crippen LogP contribution in [0.25, 0.3) is 10.2 Å². The second kappa shape index (κ2) is 7.01. The van der Waals surface area contributed by atoms with Crippen molar-refractivity contribution in [3.8, 4) is 5.75 Å². The molecule has 2 aromatic carbocycles. The number of aromatic nitrogens is 1. The molecule has 0 fully saturated rings. The first kappa shape index (κ1) is 16.5. The Kier molecular flexibility index (Phi) is 4.81. The molecular weight excluding hydrogens is 320 g/mol. The number of rotatable bonds is 4. The number of amides is 1. The molecule has 24 heavy (non-hydrogen) atoms. The minimum absolute atomic E-state index is 0.217. The first-order valence-electron chi connectivity index (χ1n) is 7.96. The van der Waals surface area contributed by atoms with Gasteiger partial charge in [-0.3, -0.25) is 4.79 Å². The van der Waals surface area contributed by atoms with Crippen LogP contribution >= 0.6 is 11.3 Å². The molecule has 1 aromatic heterocycles. The van der Waals surface area contributed by atoms with Gasteiger partial charge in [0.25, 0.3) is 5.91 Å². The quantitative estimate of drug-likeness (QED) is 0.715. The van der Waals surface area contributed by atoms with Crippen LogP contribution in [0, 0.1) is 6.92 Å². The van der Waals surface area contributed by atoms with Gasteiger partial charge in [0.15, 0.2) is 4.80 Å². The Morgan fingerprint density at radius 2 is 1.96 bits per heavy atom. The summed E-state index contributed by atoms with van der Waals surface area (Å²) in [6.45, 7) is 4.90. The van der Waals surface area contributed by atoms with E-state index in [-0.39, 0.29) is 5.91 Å². The number of ether oxygens (including phenoxy) is 1. The van der Waals surface area contributed by atoms with Crippen molar-refractivity contribution in [3.63, 3.8) is 0 Å². The van der Waals surface area contributed by atoms with Gasteiger partial charge in [-0.15, -0.1) is 0 Å². The molecule has 1 amide bonds. The van der Waals surface area contributed by atoms with E-state index in [1.165, 1.54) is 11.3 Å². The van der Waals surface area contributed by atoms with E-state index in [0.717, 1.165) is 34.5 Å². The number of methoxy groups -OCH3 is 1. The molecule has 3 aromatic rings. The fourth-order valence-electron chi connectivity index (χ4n) is 2.63. The third-order valence-electron chi connectivity index (χ3n) is 3.83. The molecule has 0 bridgehead atoms. The average Bonchev–Trinajstić information content (AvgIpc) is 2.93. The number of carbonyl (C=O) groups is 1. The molecule has 0 aliphatic carbocycles. The van der Waals surface area contributed by atoms with Crippen LogP contribution in [0.2, 0.25) is 0 Å². The van der Waals surface area contributed by atoms with Gasteiger partial charge in [-0.2, -0.15) is 4.99 Å². The van der Waals surface area contributed by atoms with Crippen LogP contribution in [0.1, 0.15) is 29.3 Å². The smallest absolute Gasteiger partial charge is 0.279 e. The van der Waals surface area contributed by atoms with E-state index in [1.54, 1.807) is 7.11 Å². The van der Waals surface area contributed by atoms with Crippen LogP contribution in [0.4, 0.5) is 0 Å². The highest BCUT2D eigenvalue weighted by atomic mass is 32.1. The number of fused-ring (bicyclic) bond motifs is 1. The number of thiazole rings is 1. The third-order valence-corrected chi connectivity index (χ3v) is 4.87. The Morgan fingerprint density at radius 1 is 1.21 bits per heavy atom. The number of nitrogens with zero attached hydrogens (tertiary/aromatic N) is 2. The van der Waals surface area contributed by atoms with E-state index in [4.69, 9.17) is 4.74 Å². The van der Waals surface area contributed by atoms with Crippen LogP contribution in [0.5, 0.6) is 5.75 Å². The Morgan fingerprint density at radius 3 is 2.62 bits per heavy atom. The summed E-state index contributed by atoms with van der Waals surface area (Å²) >= 11 is 1.51. The van der Waals surface area contributed by atoms with Crippen molar-refractivity contribution < 1.29 is 9.53 Å². The zero-order chi connectivity index (χ0) is 17.1. The lowest BCUT2D eigenvalue weighted by atomic mass is 10.1. The topological polar surface area (TPSA) is 43.6 Å². The van der Waals surface area contributed by atoms with Crippen LogP contribution in [0.15, 0.2) is 47.5 Å². The molecule has 0 saturated carbocycles. The molecule has 3 rings (SSSR count). The highest BCUT2D eigenvalue weighted by Gasteiger charge is 2.12. The molecule has 5 heteroatoms. The summed E-state index contributed by atoms with van der Waals surface area (Å²) in [4.78, 5) is 17.6. The van der Waals surface area contributed by atoms with Gasteiger partial charge in [-0.1, -0.05) is 42.0 Å². The fourth-order valence-corrected chi connectivity index (χ4v) is 3.70. The van der Waals surface area contributed by atoms with E-state index in [0.29, 0.717) is 10.4 Å². The molecule has 0 atom stereocenters. The molecule has 1 heterocycles. The van der Waals surface area contributed by atoms with Gasteiger partial charge in [0.2, 0.25) is 0 Å². The summed E-state index contributed by atoms with van der Waals surface area (Å²) < 4.78 is 8.63. The van der Waals surface area contributed by atoms with Crippen LogP contribution in [-0.2, 0) is 6.54 Å². The van der Waals surface area contributed by atoms with Crippen molar-refractivity contribution in [2.75, 3.05) is 7.11 Å². The summed E-state index contributed by atoms with van der Waals surface area (Å²) in [5, 5.41) is 0. The summed E-state index contributed by atoms with van der Waals surface area (Å²) in [7, 11) is 1.66. The van der Waals surface area contributed by atoms with Crippen molar-refractivity contribution >= 4 is 27.5 Å². The molecule has 0 spiro atoms.